The van der Waals surface area contributed by atoms with E-state index in [1.807, 2.05) is 0 Å². The molecule has 3 saturated carbocycles. The molecule has 0 heterocycles. The minimum absolute atomic E-state index is 0.0663. The molecule has 2 aromatic rings. The molecule has 3 aliphatic rings. The van der Waals surface area contributed by atoms with E-state index >= 15 is 0 Å². The molecule has 3 aliphatic carbocycles. The average Bonchev–Trinajstić information content (AvgIpc) is 2.62. The summed E-state index contributed by atoms with van der Waals surface area (Å²) in [5, 5.41) is 2.81. The number of hydrogen-bond donors (Lipinski definition) is 3. The van der Waals surface area contributed by atoms with Crippen LogP contribution in [-0.4, -0.2) is 25.8 Å². The zero-order chi connectivity index (χ0) is 22.6. The quantitative estimate of drug-likeness (QED) is 0.623. The van der Waals surface area contributed by atoms with Gasteiger partial charge in [-0.15, -0.1) is 0 Å². The molecule has 2 aromatic carbocycles. The van der Waals surface area contributed by atoms with Gasteiger partial charge < -0.3 is 11.1 Å². The van der Waals surface area contributed by atoms with Crippen LogP contribution in [0.25, 0.3) is 0 Å². The number of alkyl halides is 3. The highest BCUT2D eigenvalue weighted by molar-refractivity contribution is 7.92. The molecule has 0 atom stereocenters. The second-order valence-corrected chi connectivity index (χ2v) is 9.65. The zero-order valence-electron chi connectivity index (χ0n) is 16.0. The molecular weight excluding hydrogens is 435 g/mol. The highest BCUT2D eigenvalue weighted by Crippen LogP contribution is 2.57. The van der Waals surface area contributed by atoms with Gasteiger partial charge in [-0.3, -0.25) is 14.3 Å². The number of hydrogen-bond acceptors (Lipinski definition) is 4. The molecule has 2 amide bonds. The Morgan fingerprint density at radius 3 is 2.13 bits per heavy atom. The van der Waals surface area contributed by atoms with Crippen molar-refractivity contribution in [1.29, 1.82) is 0 Å². The third kappa shape index (κ3) is 3.97. The van der Waals surface area contributed by atoms with Gasteiger partial charge in [0, 0.05) is 11.1 Å². The minimum Gasteiger partial charge on any atom is -0.366 e. The molecule has 31 heavy (non-hydrogen) atoms. The molecule has 7 nitrogen and oxygen atoms in total. The van der Waals surface area contributed by atoms with Crippen LogP contribution in [0.15, 0.2) is 47.4 Å². The van der Waals surface area contributed by atoms with Crippen molar-refractivity contribution in [1.82, 2.24) is 5.32 Å². The van der Waals surface area contributed by atoms with Crippen LogP contribution >= 0.6 is 0 Å². The lowest BCUT2D eigenvalue weighted by Gasteiger charge is -2.61. The number of carbonyl (C=O) groups excluding carboxylic acids is 2. The first kappa shape index (κ1) is 21.2. The summed E-state index contributed by atoms with van der Waals surface area (Å²) in [4.78, 5) is 23.6. The molecule has 0 unspecified atom stereocenters. The van der Waals surface area contributed by atoms with Crippen LogP contribution in [0.5, 0.6) is 0 Å². The van der Waals surface area contributed by atoms with Crippen molar-refractivity contribution in [2.45, 2.75) is 35.9 Å². The Kier molecular flexibility index (Phi) is 4.76. The van der Waals surface area contributed by atoms with Gasteiger partial charge in [-0.05, 0) is 67.6 Å². The van der Waals surface area contributed by atoms with E-state index in [4.69, 9.17) is 5.73 Å². The van der Waals surface area contributed by atoms with Gasteiger partial charge in [0.15, 0.2) is 0 Å². The number of nitrogens with one attached hydrogen (secondary N) is 2. The zero-order valence-corrected chi connectivity index (χ0v) is 16.8. The number of primary amides is 1. The lowest BCUT2D eigenvalue weighted by Crippen LogP contribution is -2.68. The van der Waals surface area contributed by atoms with Gasteiger partial charge in [0.25, 0.3) is 15.9 Å². The maximum atomic E-state index is 13.2. The molecule has 2 bridgehead atoms. The molecule has 0 aromatic heterocycles. The van der Waals surface area contributed by atoms with Gasteiger partial charge in [-0.1, -0.05) is 0 Å². The van der Waals surface area contributed by atoms with Gasteiger partial charge in [0.1, 0.15) is 0 Å². The van der Waals surface area contributed by atoms with Crippen LogP contribution in [0.4, 0.5) is 18.9 Å². The Morgan fingerprint density at radius 1 is 1.03 bits per heavy atom. The van der Waals surface area contributed by atoms with Gasteiger partial charge in [-0.2, -0.15) is 13.2 Å². The maximum Gasteiger partial charge on any atom is 0.416 e. The fourth-order valence-electron chi connectivity index (χ4n) is 3.94. The molecule has 0 saturated heterocycles. The van der Waals surface area contributed by atoms with Crippen molar-refractivity contribution in [3.8, 4) is 0 Å². The number of sulfonamides is 1. The predicted molar refractivity (Wildman–Crippen MR) is 105 cm³/mol. The molecule has 0 spiro atoms. The summed E-state index contributed by atoms with van der Waals surface area (Å²) in [6, 6.07) is 6.83. The predicted octanol–water partition coefficient (Wildman–Crippen LogP) is 2.89. The highest BCUT2D eigenvalue weighted by Gasteiger charge is 2.57. The summed E-state index contributed by atoms with van der Waals surface area (Å²) >= 11 is 0. The summed E-state index contributed by atoms with van der Waals surface area (Å²) in [6.07, 6.45) is -2.29. The van der Waals surface area contributed by atoms with Crippen molar-refractivity contribution in [2.24, 2.45) is 11.7 Å². The van der Waals surface area contributed by atoms with E-state index in [0.717, 1.165) is 43.5 Å². The third-order valence-corrected chi connectivity index (χ3v) is 7.08. The van der Waals surface area contributed by atoms with Crippen molar-refractivity contribution >= 4 is 27.5 Å². The normalized spacial score (nSPS) is 22.1. The van der Waals surface area contributed by atoms with E-state index in [0.29, 0.717) is 12.0 Å². The van der Waals surface area contributed by atoms with Crippen molar-refractivity contribution in [3.63, 3.8) is 0 Å². The highest BCUT2D eigenvalue weighted by atomic mass is 32.2. The van der Waals surface area contributed by atoms with Crippen LogP contribution < -0.4 is 15.8 Å². The van der Waals surface area contributed by atoms with Gasteiger partial charge in [-0.25, -0.2) is 8.42 Å². The largest absolute Gasteiger partial charge is 0.416 e. The summed E-state index contributed by atoms with van der Waals surface area (Å²) in [5.41, 5.74) is 3.04. The summed E-state index contributed by atoms with van der Waals surface area (Å²) in [5.74, 6) is -0.842. The van der Waals surface area contributed by atoms with Gasteiger partial charge >= 0.3 is 6.18 Å². The lowest BCUT2D eigenvalue weighted by atomic mass is 9.50. The van der Waals surface area contributed by atoms with E-state index in [2.05, 4.69) is 10.0 Å². The Labute approximate surface area is 175 Å². The number of halogens is 3. The Hall–Kier alpha value is -3.08. The van der Waals surface area contributed by atoms with Crippen LogP contribution in [0, 0.1) is 5.92 Å². The molecule has 5 rings (SSSR count). The molecular formula is C20H18F3N3O4S. The Morgan fingerprint density at radius 2 is 1.65 bits per heavy atom. The van der Waals surface area contributed by atoms with Crippen LogP contribution in [-0.2, 0) is 16.2 Å². The van der Waals surface area contributed by atoms with Crippen LogP contribution in [0.3, 0.4) is 0 Å². The number of anilines is 1. The molecule has 0 radical (unpaired) electrons. The monoisotopic (exact) mass is 453 g/mol. The fraction of sp³-hybridized carbons (Fsp3) is 0.300. The molecule has 0 aliphatic heterocycles. The first-order valence-electron chi connectivity index (χ1n) is 9.35. The number of carbonyl (C=O) groups is 2. The second kappa shape index (κ2) is 6.98. The number of nitrogens with two attached hydrogens (primary N) is 1. The van der Waals surface area contributed by atoms with Crippen LogP contribution in [0.1, 0.15) is 45.5 Å². The molecule has 11 heteroatoms. The SMILES string of the molecule is NC(=O)c1ccc(S(=O)(=O)Nc2cc(C(F)(F)F)ccc2C(=O)NC23CC(C2)C3)cc1. The smallest absolute Gasteiger partial charge is 0.366 e. The summed E-state index contributed by atoms with van der Waals surface area (Å²) in [7, 11) is -4.35. The van der Waals surface area contributed by atoms with E-state index in [-0.39, 0.29) is 21.6 Å². The molecule has 4 N–H and O–H groups in total. The average molecular weight is 453 g/mol. The van der Waals surface area contributed by atoms with E-state index in [1.165, 1.54) is 12.1 Å². The molecule has 3 fully saturated rings. The fourth-order valence-corrected chi connectivity index (χ4v) is 5.02. The van der Waals surface area contributed by atoms with Crippen molar-refractivity contribution in [3.05, 3.63) is 59.2 Å². The first-order chi connectivity index (χ1) is 14.4. The van der Waals surface area contributed by atoms with E-state index in [1.54, 1.807) is 0 Å². The number of benzene rings is 2. The number of rotatable bonds is 6. The minimum atomic E-state index is -4.73. The van der Waals surface area contributed by atoms with E-state index < -0.39 is 39.3 Å². The van der Waals surface area contributed by atoms with Gasteiger partial charge in [0.05, 0.1) is 21.7 Å². The van der Waals surface area contributed by atoms with Crippen molar-refractivity contribution < 1.29 is 31.2 Å². The third-order valence-electron chi connectivity index (χ3n) is 5.70. The first-order valence-corrected chi connectivity index (χ1v) is 10.8. The topological polar surface area (TPSA) is 118 Å². The lowest BCUT2D eigenvalue weighted by molar-refractivity contribution is -0.137. The number of amides is 2. The van der Waals surface area contributed by atoms with Crippen LogP contribution in [0.2, 0.25) is 0 Å². The van der Waals surface area contributed by atoms with E-state index in [9.17, 15) is 31.2 Å². The summed E-state index contributed by atoms with van der Waals surface area (Å²) < 4.78 is 67.1. The second-order valence-electron chi connectivity index (χ2n) is 7.97. The summed E-state index contributed by atoms with van der Waals surface area (Å²) in [6.45, 7) is 0. The maximum absolute atomic E-state index is 13.2. The standard InChI is InChI=1S/C20H18F3N3O4S/c21-20(22,23)13-3-6-15(18(28)25-19-8-11(9-19)10-19)16(7-13)26-31(29,30)14-4-1-12(2-5-14)17(24)27/h1-7,11,26H,8-10H2,(H2,24,27)(H,25,28). The Balaban J connectivity index is 1.67. The van der Waals surface area contributed by atoms with Crippen molar-refractivity contribution in [2.75, 3.05) is 4.72 Å². The molecule has 164 valence electrons. The van der Waals surface area contributed by atoms with Gasteiger partial charge in [0.2, 0.25) is 5.91 Å². The Bertz CT molecular complexity index is 1160.